The third-order valence-electron chi connectivity index (χ3n) is 5.18. The quantitative estimate of drug-likeness (QED) is 0.638. The predicted molar refractivity (Wildman–Crippen MR) is 118 cm³/mol. The molecule has 1 aliphatic heterocycles. The van der Waals surface area contributed by atoms with E-state index >= 15 is 0 Å². The summed E-state index contributed by atoms with van der Waals surface area (Å²) >= 11 is 6.01. The molecular weight excluding hydrogens is 438 g/mol. The van der Waals surface area contributed by atoms with E-state index in [4.69, 9.17) is 11.6 Å². The number of hydrogen-bond acceptors (Lipinski definition) is 4. The van der Waals surface area contributed by atoms with Crippen molar-refractivity contribution in [2.24, 2.45) is 0 Å². The Morgan fingerprint density at radius 3 is 2.28 bits per heavy atom. The van der Waals surface area contributed by atoms with Crippen LogP contribution in [0.2, 0.25) is 5.02 Å². The third-order valence-corrected chi connectivity index (χ3v) is 5.49. The minimum Gasteiger partial charge on any atom is -0.353 e. The van der Waals surface area contributed by atoms with Crippen molar-refractivity contribution in [2.45, 2.75) is 0 Å². The van der Waals surface area contributed by atoms with E-state index in [1.54, 1.807) is 17.0 Å². The molecule has 0 saturated carbocycles. The third kappa shape index (κ3) is 4.70. The summed E-state index contributed by atoms with van der Waals surface area (Å²) in [5.41, 5.74) is 0.735. The second-order valence-corrected chi connectivity index (χ2v) is 7.65. The number of pyridine rings is 1. The number of carbonyl (C=O) groups excluding carboxylic acids is 2. The number of aromatic nitrogens is 1. The molecule has 1 aliphatic rings. The highest BCUT2D eigenvalue weighted by Crippen LogP contribution is 2.23. The van der Waals surface area contributed by atoms with E-state index in [1.807, 2.05) is 4.90 Å². The highest BCUT2D eigenvalue weighted by atomic mass is 35.5. The molecule has 0 unspecified atom stereocenters. The largest absolute Gasteiger partial charge is 0.353 e. The van der Waals surface area contributed by atoms with Crippen LogP contribution in [0, 0.1) is 11.6 Å². The average Bonchev–Trinajstić information content (AvgIpc) is 2.80. The van der Waals surface area contributed by atoms with Gasteiger partial charge in [-0.25, -0.2) is 13.8 Å². The minimum absolute atomic E-state index is 0.0948. The Balaban J connectivity index is 1.35. The second-order valence-electron chi connectivity index (χ2n) is 7.24. The fraction of sp³-hybridized carbons (Fsp3) is 0.174. The first-order valence-corrected chi connectivity index (χ1v) is 10.3. The maximum Gasteiger partial charge on any atom is 0.258 e. The lowest BCUT2D eigenvalue weighted by Gasteiger charge is -2.35. The van der Waals surface area contributed by atoms with Gasteiger partial charge in [-0.2, -0.15) is 0 Å². The molecular formula is C23H19ClF2N4O2. The Bertz CT molecular complexity index is 1110. The van der Waals surface area contributed by atoms with E-state index in [0.717, 1.165) is 0 Å². The van der Waals surface area contributed by atoms with E-state index < -0.39 is 17.5 Å². The van der Waals surface area contributed by atoms with Gasteiger partial charge in [0, 0.05) is 31.7 Å². The van der Waals surface area contributed by atoms with Crippen LogP contribution in [0.5, 0.6) is 0 Å². The molecule has 3 aromatic rings. The van der Waals surface area contributed by atoms with E-state index in [9.17, 15) is 18.4 Å². The van der Waals surface area contributed by atoms with Gasteiger partial charge in [0.1, 0.15) is 17.5 Å². The molecule has 0 atom stereocenters. The number of carbonyl (C=O) groups is 2. The minimum atomic E-state index is -0.634. The van der Waals surface area contributed by atoms with Gasteiger partial charge in [0.15, 0.2) is 0 Å². The average molecular weight is 457 g/mol. The Morgan fingerprint density at radius 2 is 1.66 bits per heavy atom. The van der Waals surface area contributed by atoms with Crippen molar-refractivity contribution in [3.05, 3.63) is 88.6 Å². The summed E-state index contributed by atoms with van der Waals surface area (Å²) in [5.74, 6) is -1.14. The van der Waals surface area contributed by atoms with Crippen LogP contribution >= 0.6 is 11.6 Å². The van der Waals surface area contributed by atoms with Crippen LogP contribution < -0.4 is 10.2 Å². The molecule has 0 aliphatic carbocycles. The van der Waals surface area contributed by atoms with Gasteiger partial charge in [-0.3, -0.25) is 9.59 Å². The molecule has 2 aromatic carbocycles. The monoisotopic (exact) mass is 456 g/mol. The molecule has 32 heavy (non-hydrogen) atoms. The summed E-state index contributed by atoms with van der Waals surface area (Å²) in [7, 11) is 0. The van der Waals surface area contributed by atoms with Gasteiger partial charge in [0.05, 0.1) is 22.5 Å². The number of rotatable bonds is 4. The zero-order valence-electron chi connectivity index (χ0n) is 16.9. The molecule has 0 radical (unpaired) electrons. The standard InChI is InChI=1S/C23H19ClF2N4O2/c24-18-2-1-3-19(26)21(18)23(32)30-12-10-29(11-13-30)20-9-8-17(14-27-20)28-22(31)15-4-6-16(25)7-5-15/h1-9,14H,10-13H2,(H,28,31). The van der Waals surface area contributed by atoms with Crippen LogP contribution in [-0.2, 0) is 0 Å². The van der Waals surface area contributed by atoms with Gasteiger partial charge in [0.25, 0.3) is 11.8 Å². The normalized spacial score (nSPS) is 13.7. The van der Waals surface area contributed by atoms with Gasteiger partial charge in [0.2, 0.25) is 0 Å². The molecule has 1 aromatic heterocycles. The summed E-state index contributed by atoms with van der Waals surface area (Å²) in [6.07, 6.45) is 1.54. The predicted octanol–water partition coefficient (Wildman–Crippen LogP) is 4.23. The number of piperazine rings is 1. The zero-order valence-corrected chi connectivity index (χ0v) is 17.6. The number of benzene rings is 2. The van der Waals surface area contributed by atoms with Gasteiger partial charge in [-0.15, -0.1) is 0 Å². The van der Waals surface area contributed by atoms with Gasteiger partial charge >= 0.3 is 0 Å². The first-order valence-electron chi connectivity index (χ1n) is 9.93. The maximum atomic E-state index is 14.1. The molecule has 6 nitrogen and oxygen atoms in total. The van der Waals surface area contributed by atoms with Crippen molar-refractivity contribution < 1.29 is 18.4 Å². The maximum absolute atomic E-state index is 14.1. The van der Waals surface area contributed by atoms with Crippen molar-refractivity contribution in [1.82, 2.24) is 9.88 Å². The van der Waals surface area contributed by atoms with Crippen LogP contribution in [0.25, 0.3) is 0 Å². The summed E-state index contributed by atoms with van der Waals surface area (Å²) in [6.45, 7) is 1.83. The van der Waals surface area contributed by atoms with E-state index in [1.165, 1.54) is 48.7 Å². The van der Waals surface area contributed by atoms with E-state index in [0.29, 0.717) is 43.2 Å². The molecule has 4 rings (SSSR count). The molecule has 164 valence electrons. The highest BCUT2D eigenvalue weighted by molar-refractivity contribution is 6.33. The molecule has 2 amide bonds. The van der Waals surface area contributed by atoms with Gasteiger partial charge < -0.3 is 15.1 Å². The van der Waals surface area contributed by atoms with Crippen molar-refractivity contribution in [3.8, 4) is 0 Å². The Kier molecular flexibility index (Phi) is 6.32. The number of nitrogens with zero attached hydrogens (tertiary/aromatic N) is 3. The zero-order chi connectivity index (χ0) is 22.7. The van der Waals surface area contributed by atoms with Gasteiger partial charge in [-0.05, 0) is 48.5 Å². The Labute approximate surface area is 188 Å². The second kappa shape index (κ2) is 9.32. The van der Waals surface area contributed by atoms with Crippen molar-refractivity contribution in [2.75, 3.05) is 36.4 Å². The molecule has 9 heteroatoms. The molecule has 2 heterocycles. The van der Waals surface area contributed by atoms with Crippen LogP contribution in [0.3, 0.4) is 0 Å². The lowest BCUT2D eigenvalue weighted by Crippen LogP contribution is -2.49. The fourth-order valence-corrected chi connectivity index (χ4v) is 3.69. The summed E-state index contributed by atoms with van der Waals surface area (Å²) in [4.78, 5) is 32.9. The lowest BCUT2D eigenvalue weighted by atomic mass is 10.1. The molecule has 1 fully saturated rings. The molecule has 1 N–H and O–H groups in total. The summed E-state index contributed by atoms with van der Waals surface area (Å²) < 4.78 is 27.1. The topological polar surface area (TPSA) is 65.5 Å². The smallest absolute Gasteiger partial charge is 0.258 e. The van der Waals surface area contributed by atoms with Crippen molar-refractivity contribution >= 4 is 34.9 Å². The Morgan fingerprint density at radius 1 is 0.938 bits per heavy atom. The molecule has 0 bridgehead atoms. The van der Waals surface area contributed by atoms with Gasteiger partial charge in [-0.1, -0.05) is 17.7 Å². The Hall–Kier alpha value is -3.52. The van der Waals surface area contributed by atoms with E-state index in [2.05, 4.69) is 10.3 Å². The number of nitrogens with one attached hydrogen (secondary N) is 1. The van der Waals surface area contributed by atoms with Crippen LogP contribution in [-0.4, -0.2) is 47.9 Å². The SMILES string of the molecule is O=C(Nc1ccc(N2CCN(C(=O)c3c(F)cccc3Cl)CC2)nc1)c1ccc(F)cc1. The van der Waals surface area contributed by atoms with Crippen LogP contribution in [0.4, 0.5) is 20.3 Å². The van der Waals surface area contributed by atoms with Crippen molar-refractivity contribution in [3.63, 3.8) is 0 Å². The molecule has 1 saturated heterocycles. The summed E-state index contributed by atoms with van der Waals surface area (Å²) in [5, 5.41) is 2.81. The molecule has 0 spiro atoms. The van der Waals surface area contributed by atoms with Crippen LogP contribution in [0.15, 0.2) is 60.8 Å². The number of anilines is 2. The fourth-order valence-electron chi connectivity index (χ4n) is 3.45. The van der Waals surface area contributed by atoms with Crippen LogP contribution in [0.1, 0.15) is 20.7 Å². The number of amides is 2. The summed E-state index contributed by atoms with van der Waals surface area (Å²) in [6, 6.07) is 12.9. The van der Waals surface area contributed by atoms with E-state index in [-0.39, 0.29) is 16.5 Å². The van der Waals surface area contributed by atoms with Crippen molar-refractivity contribution in [1.29, 1.82) is 0 Å². The number of halogens is 3. The lowest BCUT2D eigenvalue weighted by molar-refractivity contribution is 0.0742. The first kappa shape index (κ1) is 21.7. The highest BCUT2D eigenvalue weighted by Gasteiger charge is 2.26. The number of hydrogen-bond donors (Lipinski definition) is 1. The first-order chi connectivity index (χ1) is 15.4.